The van der Waals surface area contributed by atoms with Gasteiger partial charge in [0.05, 0.1) is 17.1 Å². The summed E-state index contributed by atoms with van der Waals surface area (Å²) in [5.74, 6) is -0.428. The number of aryl methyl sites for hydroxylation is 2. The van der Waals surface area contributed by atoms with E-state index in [0.717, 1.165) is 5.69 Å². The topological polar surface area (TPSA) is 78.0 Å². The number of rotatable bonds is 2. The number of carbonyl (C=O) groups is 1. The van der Waals surface area contributed by atoms with E-state index in [1.54, 1.807) is 13.8 Å². The summed E-state index contributed by atoms with van der Waals surface area (Å²) in [4.78, 5) is 10.8. The van der Waals surface area contributed by atoms with Gasteiger partial charge in [0.1, 0.15) is 6.61 Å². The monoisotopic (exact) mass is 169 g/mol. The molecule has 3 N–H and O–H groups in total. The Balaban J connectivity index is 2.80. The minimum Gasteiger partial charge on any atom is -0.387 e. The third-order valence-corrected chi connectivity index (χ3v) is 1.54. The number of amides is 1. The van der Waals surface area contributed by atoms with Crippen LogP contribution in [0, 0.1) is 13.8 Å². The van der Waals surface area contributed by atoms with Gasteiger partial charge in [0, 0.05) is 0 Å². The van der Waals surface area contributed by atoms with Crippen LogP contribution in [0.4, 0.5) is 5.69 Å². The Morgan fingerprint density at radius 2 is 2.33 bits per heavy atom. The lowest BCUT2D eigenvalue weighted by molar-refractivity contribution is -0.118. The molecule has 12 heavy (non-hydrogen) atoms. The average molecular weight is 169 g/mol. The molecule has 1 amide bonds. The Morgan fingerprint density at radius 1 is 1.67 bits per heavy atom. The summed E-state index contributed by atoms with van der Waals surface area (Å²) in [6.45, 7) is 3.06. The van der Waals surface area contributed by atoms with E-state index in [4.69, 9.17) is 5.11 Å². The number of aromatic amines is 1. The first-order valence-electron chi connectivity index (χ1n) is 3.57. The smallest absolute Gasteiger partial charge is 0.250 e. The van der Waals surface area contributed by atoms with E-state index in [9.17, 15) is 4.79 Å². The highest BCUT2D eigenvalue weighted by atomic mass is 16.3. The van der Waals surface area contributed by atoms with Gasteiger partial charge in [0.2, 0.25) is 5.91 Å². The van der Waals surface area contributed by atoms with Crippen molar-refractivity contribution in [1.29, 1.82) is 0 Å². The number of nitrogens with zero attached hydrogens (tertiary/aromatic N) is 1. The van der Waals surface area contributed by atoms with Crippen LogP contribution in [-0.2, 0) is 4.79 Å². The van der Waals surface area contributed by atoms with Crippen LogP contribution >= 0.6 is 0 Å². The Labute approximate surface area is 69.8 Å². The van der Waals surface area contributed by atoms with Crippen LogP contribution < -0.4 is 5.32 Å². The molecule has 0 spiro atoms. The first-order chi connectivity index (χ1) is 5.65. The second kappa shape index (κ2) is 3.36. The molecule has 0 aliphatic rings. The zero-order chi connectivity index (χ0) is 9.14. The quantitative estimate of drug-likeness (QED) is 0.581. The van der Waals surface area contributed by atoms with Gasteiger partial charge in [-0.3, -0.25) is 9.89 Å². The average Bonchev–Trinajstić information content (AvgIpc) is 2.35. The second-order valence-electron chi connectivity index (χ2n) is 2.52. The maximum atomic E-state index is 10.8. The first-order valence-corrected chi connectivity index (χ1v) is 3.57. The Morgan fingerprint density at radius 3 is 2.75 bits per heavy atom. The molecule has 0 aromatic carbocycles. The number of H-pyrrole nitrogens is 1. The Hall–Kier alpha value is -1.36. The van der Waals surface area contributed by atoms with Gasteiger partial charge >= 0.3 is 0 Å². The van der Waals surface area contributed by atoms with E-state index in [-0.39, 0.29) is 0 Å². The summed E-state index contributed by atoms with van der Waals surface area (Å²) in [5.41, 5.74) is 2.15. The van der Waals surface area contributed by atoms with Crippen LogP contribution in [0.3, 0.4) is 0 Å². The maximum absolute atomic E-state index is 10.8. The lowest BCUT2D eigenvalue weighted by atomic mass is 10.3. The van der Waals surface area contributed by atoms with Crippen molar-refractivity contribution in [2.24, 2.45) is 0 Å². The Bertz CT molecular complexity index is 273. The van der Waals surface area contributed by atoms with Crippen LogP contribution in [0.2, 0.25) is 0 Å². The van der Waals surface area contributed by atoms with Gasteiger partial charge in [0.15, 0.2) is 0 Å². The predicted molar refractivity (Wildman–Crippen MR) is 43.8 cm³/mol. The summed E-state index contributed by atoms with van der Waals surface area (Å²) in [6, 6.07) is 0. The normalized spacial score (nSPS) is 9.92. The van der Waals surface area contributed by atoms with E-state index in [1.165, 1.54) is 0 Å². The van der Waals surface area contributed by atoms with E-state index in [0.29, 0.717) is 11.4 Å². The highest BCUT2D eigenvalue weighted by molar-refractivity contribution is 5.92. The largest absolute Gasteiger partial charge is 0.387 e. The molecule has 0 atom stereocenters. The molecule has 1 aromatic rings. The van der Waals surface area contributed by atoms with Gasteiger partial charge in [-0.15, -0.1) is 0 Å². The molecule has 0 aliphatic heterocycles. The van der Waals surface area contributed by atoms with Crippen molar-refractivity contribution in [1.82, 2.24) is 10.2 Å². The fraction of sp³-hybridized carbons (Fsp3) is 0.429. The summed E-state index contributed by atoms with van der Waals surface area (Å²) in [7, 11) is 0. The molecule has 5 heteroatoms. The molecule has 0 fully saturated rings. The lowest BCUT2D eigenvalue weighted by Crippen LogP contribution is -2.16. The van der Waals surface area contributed by atoms with Crippen molar-refractivity contribution in [3.63, 3.8) is 0 Å². The van der Waals surface area contributed by atoms with Gasteiger partial charge in [-0.1, -0.05) is 0 Å². The number of hydrogen-bond acceptors (Lipinski definition) is 3. The molecule has 0 saturated heterocycles. The molecule has 0 radical (unpaired) electrons. The van der Waals surface area contributed by atoms with E-state index in [1.807, 2.05) is 0 Å². The highest BCUT2D eigenvalue weighted by Gasteiger charge is 2.08. The van der Waals surface area contributed by atoms with E-state index in [2.05, 4.69) is 15.5 Å². The molecular weight excluding hydrogens is 158 g/mol. The van der Waals surface area contributed by atoms with E-state index >= 15 is 0 Å². The van der Waals surface area contributed by atoms with Gasteiger partial charge in [-0.05, 0) is 13.8 Å². The number of aromatic nitrogens is 2. The predicted octanol–water partition coefficient (Wildman–Crippen LogP) is -0.0427. The molecular formula is C7H11N3O2. The summed E-state index contributed by atoms with van der Waals surface area (Å²) in [5, 5.41) is 17.6. The third kappa shape index (κ3) is 1.62. The number of carbonyl (C=O) groups excluding carboxylic acids is 1. The molecule has 1 heterocycles. The van der Waals surface area contributed by atoms with Crippen molar-refractivity contribution in [3.05, 3.63) is 11.4 Å². The maximum Gasteiger partial charge on any atom is 0.250 e. The van der Waals surface area contributed by atoms with Crippen molar-refractivity contribution in [2.45, 2.75) is 13.8 Å². The van der Waals surface area contributed by atoms with Gasteiger partial charge < -0.3 is 10.4 Å². The van der Waals surface area contributed by atoms with Gasteiger partial charge in [-0.2, -0.15) is 5.10 Å². The molecule has 0 bridgehead atoms. The van der Waals surface area contributed by atoms with E-state index < -0.39 is 12.5 Å². The zero-order valence-electron chi connectivity index (χ0n) is 7.01. The number of anilines is 1. The fourth-order valence-corrected chi connectivity index (χ4v) is 0.914. The van der Waals surface area contributed by atoms with Crippen LogP contribution in [-0.4, -0.2) is 27.8 Å². The SMILES string of the molecule is Cc1n[nH]c(C)c1NC(=O)CO. The standard InChI is InChI=1S/C7H11N3O2/c1-4-7(5(2)10-9-4)8-6(12)3-11/h11H,3H2,1-2H3,(H,8,12)(H,9,10). The van der Waals surface area contributed by atoms with Crippen LogP contribution in [0.5, 0.6) is 0 Å². The molecule has 0 unspecified atom stereocenters. The van der Waals surface area contributed by atoms with Crippen molar-refractivity contribution >= 4 is 11.6 Å². The minimum atomic E-state index is -0.510. The van der Waals surface area contributed by atoms with Crippen LogP contribution in [0.1, 0.15) is 11.4 Å². The zero-order valence-corrected chi connectivity index (χ0v) is 7.01. The van der Waals surface area contributed by atoms with Gasteiger partial charge in [0.25, 0.3) is 0 Å². The Kier molecular flexibility index (Phi) is 2.44. The second-order valence-corrected chi connectivity index (χ2v) is 2.52. The molecule has 0 aliphatic carbocycles. The molecule has 66 valence electrons. The molecule has 1 rings (SSSR count). The van der Waals surface area contributed by atoms with Crippen molar-refractivity contribution in [3.8, 4) is 0 Å². The number of aliphatic hydroxyl groups excluding tert-OH is 1. The summed E-state index contributed by atoms with van der Waals surface area (Å²) < 4.78 is 0. The van der Waals surface area contributed by atoms with Crippen LogP contribution in [0.25, 0.3) is 0 Å². The van der Waals surface area contributed by atoms with Crippen molar-refractivity contribution < 1.29 is 9.90 Å². The fourth-order valence-electron chi connectivity index (χ4n) is 0.914. The molecule has 0 saturated carbocycles. The summed E-state index contributed by atoms with van der Waals surface area (Å²) >= 11 is 0. The molecule has 1 aromatic heterocycles. The minimum absolute atomic E-state index is 0.428. The lowest BCUT2D eigenvalue weighted by Gasteiger charge is -2.01. The summed E-state index contributed by atoms with van der Waals surface area (Å²) in [6.07, 6.45) is 0. The van der Waals surface area contributed by atoms with Gasteiger partial charge in [-0.25, -0.2) is 0 Å². The number of nitrogens with one attached hydrogen (secondary N) is 2. The number of aliphatic hydroxyl groups is 1. The molecule has 5 nitrogen and oxygen atoms in total. The first kappa shape index (κ1) is 8.73. The third-order valence-electron chi connectivity index (χ3n) is 1.54. The highest BCUT2D eigenvalue weighted by Crippen LogP contribution is 2.15. The van der Waals surface area contributed by atoms with Crippen LogP contribution in [0.15, 0.2) is 0 Å². The van der Waals surface area contributed by atoms with Crippen molar-refractivity contribution in [2.75, 3.05) is 11.9 Å². The number of hydrogen-bond donors (Lipinski definition) is 3.